The number of nitrogens with one attached hydrogen (secondary N) is 1. The van der Waals surface area contributed by atoms with Crippen LogP contribution in [0.4, 0.5) is 0 Å². The van der Waals surface area contributed by atoms with E-state index in [2.05, 4.69) is 10.4 Å². The maximum absolute atomic E-state index is 11.8. The Kier molecular flexibility index (Phi) is 4.57. The van der Waals surface area contributed by atoms with Crippen molar-refractivity contribution in [3.05, 3.63) is 40.3 Å². The Morgan fingerprint density at radius 2 is 2.40 bits per heavy atom. The second-order valence-electron chi connectivity index (χ2n) is 5.03. The Morgan fingerprint density at radius 3 is 3.00 bits per heavy atom. The first-order valence-corrected chi connectivity index (χ1v) is 7.36. The Hall–Kier alpha value is -1.66. The summed E-state index contributed by atoms with van der Waals surface area (Å²) < 4.78 is 1.63. The summed E-state index contributed by atoms with van der Waals surface area (Å²) >= 11 is 1.65. The normalized spacial score (nSPS) is 13.9. The van der Waals surface area contributed by atoms with Crippen LogP contribution < -0.4 is 5.32 Å². The first-order chi connectivity index (χ1) is 9.47. The number of aromatic nitrogens is 2. The summed E-state index contributed by atoms with van der Waals surface area (Å²) in [4.78, 5) is 13.0. The van der Waals surface area contributed by atoms with Crippen LogP contribution in [0.1, 0.15) is 23.8 Å². The molecule has 6 heteroatoms. The molecule has 2 N–H and O–H groups in total. The van der Waals surface area contributed by atoms with E-state index in [0.717, 1.165) is 6.42 Å². The molecular formula is C14H19N3O2S. The number of nitrogens with zero attached hydrogens (tertiary/aromatic N) is 2. The fourth-order valence-electron chi connectivity index (χ4n) is 1.85. The molecule has 0 aliphatic heterocycles. The number of aliphatic hydroxyl groups is 1. The van der Waals surface area contributed by atoms with Crippen LogP contribution in [0.5, 0.6) is 0 Å². The molecule has 1 unspecified atom stereocenters. The van der Waals surface area contributed by atoms with Gasteiger partial charge in [0.1, 0.15) is 5.60 Å². The molecule has 0 saturated heterocycles. The molecule has 108 valence electrons. The van der Waals surface area contributed by atoms with E-state index < -0.39 is 5.60 Å². The molecule has 0 aromatic carbocycles. The highest BCUT2D eigenvalue weighted by Gasteiger charge is 2.25. The predicted molar refractivity (Wildman–Crippen MR) is 78.4 cm³/mol. The minimum absolute atomic E-state index is 0.0532. The molecule has 0 spiro atoms. The predicted octanol–water partition coefficient (Wildman–Crippen LogP) is 1.44. The Bertz CT molecular complexity index is 561. The SMILES string of the molecule is Cn1cc(C(C)(O)CNC(=O)CCc2cccs2)cn1. The van der Waals surface area contributed by atoms with Crippen molar-refractivity contribution in [2.45, 2.75) is 25.4 Å². The average Bonchev–Trinajstić information content (AvgIpc) is 3.05. The van der Waals surface area contributed by atoms with Crippen LogP contribution in [-0.4, -0.2) is 27.3 Å². The van der Waals surface area contributed by atoms with Gasteiger partial charge in [0.05, 0.1) is 12.7 Å². The van der Waals surface area contributed by atoms with E-state index in [0.29, 0.717) is 12.0 Å². The molecule has 2 heterocycles. The molecule has 0 aliphatic carbocycles. The summed E-state index contributed by atoms with van der Waals surface area (Å²) in [5, 5.41) is 19.1. The topological polar surface area (TPSA) is 67.2 Å². The third kappa shape index (κ3) is 3.91. The van der Waals surface area contributed by atoms with Gasteiger partial charge in [0.2, 0.25) is 5.91 Å². The van der Waals surface area contributed by atoms with E-state index in [1.165, 1.54) is 4.88 Å². The number of aryl methyl sites for hydroxylation is 2. The van der Waals surface area contributed by atoms with Crippen molar-refractivity contribution in [2.24, 2.45) is 7.05 Å². The van der Waals surface area contributed by atoms with Crippen molar-refractivity contribution < 1.29 is 9.90 Å². The first kappa shape index (κ1) is 14.7. The molecule has 5 nitrogen and oxygen atoms in total. The molecule has 1 atom stereocenters. The van der Waals surface area contributed by atoms with Gasteiger partial charge in [0.15, 0.2) is 0 Å². The zero-order valence-corrected chi connectivity index (χ0v) is 12.5. The highest BCUT2D eigenvalue weighted by Crippen LogP contribution is 2.18. The number of carbonyl (C=O) groups is 1. The van der Waals surface area contributed by atoms with Gasteiger partial charge >= 0.3 is 0 Å². The van der Waals surface area contributed by atoms with Crippen molar-refractivity contribution in [1.82, 2.24) is 15.1 Å². The van der Waals surface area contributed by atoms with Crippen molar-refractivity contribution in [3.8, 4) is 0 Å². The third-order valence-corrected chi connectivity index (χ3v) is 4.07. The number of amides is 1. The van der Waals surface area contributed by atoms with Crippen molar-refractivity contribution in [1.29, 1.82) is 0 Å². The summed E-state index contributed by atoms with van der Waals surface area (Å²) in [5.74, 6) is -0.0532. The van der Waals surface area contributed by atoms with Gasteiger partial charge in [-0.3, -0.25) is 9.48 Å². The second-order valence-corrected chi connectivity index (χ2v) is 6.06. The maximum Gasteiger partial charge on any atom is 0.220 e. The fraction of sp³-hybridized carbons (Fsp3) is 0.429. The van der Waals surface area contributed by atoms with Gasteiger partial charge in [-0.1, -0.05) is 6.07 Å². The molecule has 2 aromatic heterocycles. The van der Waals surface area contributed by atoms with Crippen LogP contribution in [-0.2, 0) is 23.9 Å². The number of thiophene rings is 1. The van der Waals surface area contributed by atoms with Crippen molar-refractivity contribution >= 4 is 17.2 Å². The standard InChI is InChI=1S/C14H19N3O2S/c1-14(19,11-8-16-17(2)9-11)10-15-13(18)6-5-12-4-3-7-20-12/h3-4,7-9,19H,5-6,10H2,1-2H3,(H,15,18). The Balaban J connectivity index is 1.80. The Labute approximate surface area is 122 Å². The van der Waals surface area contributed by atoms with Crippen LogP contribution in [0.15, 0.2) is 29.9 Å². The largest absolute Gasteiger partial charge is 0.383 e. The Morgan fingerprint density at radius 1 is 1.60 bits per heavy atom. The van der Waals surface area contributed by atoms with E-state index in [1.807, 2.05) is 17.5 Å². The lowest BCUT2D eigenvalue weighted by Gasteiger charge is -2.22. The summed E-state index contributed by atoms with van der Waals surface area (Å²) in [6.07, 6.45) is 4.53. The van der Waals surface area contributed by atoms with Crippen LogP contribution in [0.2, 0.25) is 0 Å². The number of hydrogen-bond acceptors (Lipinski definition) is 4. The zero-order chi connectivity index (χ0) is 14.6. The van der Waals surface area contributed by atoms with Gasteiger partial charge in [-0.05, 0) is 24.8 Å². The molecule has 0 fully saturated rings. The molecule has 0 saturated carbocycles. The van der Waals surface area contributed by atoms with E-state index >= 15 is 0 Å². The van der Waals surface area contributed by atoms with Gasteiger partial charge in [-0.2, -0.15) is 5.10 Å². The zero-order valence-electron chi connectivity index (χ0n) is 11.7. The lowest BCUT2D eigenvalue weighted by atomic mass is 10.00. The average molecular weight is 293 g/mol. The lowest BCUT2D eigenvalue weighted by Crippen LogP contribution is -2.38. The molecule has 2 aromatic rings. The molecule has 20 heavy (non-hydrogen) atoms. The van der Waals surface area contributed by atoms with E-state index in [9.17, 15) is 9.90 Å². The fourth-order valence-corrected chi connectivity index (χ4v) is 2.56. The van der Waals surface area contributed by atoms with E-state index in [-0.39, 0.29) is 12.5 Å². The van der Waals surface area contributed by atoms with Gasteiger partial charge in [-0.15, -0.1) is 11.3 Å². The molecule has 0 aliphatic rings. The number of rotatable bonds is 6. The summed E-state index contributed by atoms with van der Waals surface area (Å²) in [6, 6.07) is 3.99. The summed E-state index contributed by atoms with van der Waals surface area (Å²) in [5.41, 5.74) is -0.411. The van der Waals surface area contributed by atoms with Crippen LogP contribution in [0.3, 0.4) is 0 Å². The highest BCUT2D eigenvalue weighted by atomic mass is 32.1. The van der Waals surface area contributed by atoms with Crippen molar-refractivity contribution in [2.75, 3.05) is 6.54 Å². The lowest BCUT2D eigenvalue weighted by molar-refractivity contribution is -0.122. The van der Waals surface area contributed by atoms with Crippen LogP contribution in [0.25, 0.3) is 0 Å². The monoisotopic (exact) mass is 293 g/mol. The first-order valence-electron chi connectivity index (χ1n) is 6.48. The molecule has 0 bridgehead atoms. The smallest absolute Gasteiger partial charge is 0.220 e. The summed E-state index contributed by atoms with van der Waals surface area (Å²) in [7, 11) is 1.79. The third-order valence-electron chi connectivity index (χ3n) is 3.14. The second kappa shape index (κ2) is 6.19. The molecule has 2 rings (SSSR count). The van der Waals surface area contributed by atoms with Crippen molar-refractivity contribution in [3.63, 3.8) is 0 Å². The van der Waals surface area contributed by atoms with Gasteiger partial charge in [0, 0.05) is 30.1 Å². The molecule has 1 amide bonds. The van der Waals surface area contributed by atoms with Gasteiger partial charge < -0.3 is 10.4 Å². The van der Waals surface area contributed by atoms with E-state index in [1.54, 1.807) is 42.4 Å². The molecular weight excluding hydrogens is 274 g/mol. The number of carbonyl (C=O) groups excluding carboxylic acids is 1. The van der Waals surface area contributed by atoms with Crippen LogP contribution in [0, 0.1) is 0 Å². The quantitative estimate of drug-likeness (QED) is 0.847. The minimum Gasteiger partial charge on any atom is -0.383 e. The van der Waals surface area contributed by atoms with Gasteiger partial charge in [0.25, 0.3) is 0 Å². The van der Waals surface area contributed by atoms with E-state index in [4.69, 9.17) is 0 Å². The van der Waals surface area contributed by atoms with Gasteiger partial charge in [-0.25, -0.2) is 0 Å². The molecule has 0 radical (unpaired) electrons. The maximum atomic E-state index is 11.8. The van der Waals surface area contributed by atoms with Crippen LogP contribution >= 0.6 is 11.3 Å². The highest BCUT2D eigenvalue weighted by molar-refractivity contribution is 7.09. The minimum atomic E-state index is -1.10. The summed E-state index contributed by atoms with van der Waals surface area (Å²) in [6.45, 7) is 1.85. The number of hydrogen-bond donors (Lipinski definition) is 2.